The van der Waals surface area contributed by atoms with Crippen molar-refractivity contribution >= 4 is 0 Å². The summed E-state index contributed by atoms with van der Waals surface area (Å²) in [5.41, 5.74) is 6.83. The molecule has 1 aromatic carbocycles. The number of nitrogens with zero attached hydrogens (tertiary/aromatic N) is 2. The zero-order chi connectivity index (χ0) is 14.5. The van der Waals surface area contributed by atoms with Crippen molar-refractivity contribution in [2.24, 2.45) is 5.73 Å². The van der Waals surface area contributed by atoms with Gasteiger partial charge >= 0.3 is 0 Å². The molecule has 108 valence electrons. The lowest BCUT2D eigenvalue weighted by atomic mass is 10.1. The predicted octanol–water partition coefficient (Wildman–Crippen LogP) is 2.24. The fourth-order valence-corrected chi connectivity index (χ4v) is 1.72. The van der Waals surface area contributed by atoms with Gasteiger partial charge in [-0.2, -0.15) is 0 Å². The van der Waals surface area contributed by atoms with E-state index in [4.69, 9.17) is 19.6 Å². The van der Waals surface area contributed by atoms with Gasteiger partial charge in [-0.25, -0.2) is 0 Å². The van der Waals surface area contributed by atoms with Crippen molar-refractivity contribution in [2.45, 2.75) is 32.9 Å². The second-order valence-corrected chi connectivity index (χ2v) is 4.43. The number of hydrogen-bond acceptors (Lipinski definition) is 6. The maximum Gasteiger partial charge on any atom is 0.253 e. The molecular weight excluding hydrogens is 258 g/mol. The summed E-state index contributed by atoms with van der Waals surface area (Å²) in [6.07, 6.45) is 0.708. The maximum absolute atomic E-state index is 5.84. The molecule has 0 saturated carbocycles. The van der Waals surface area contributed by atoms with E-state index < -0.39 is 0 Å². The first-order valence-corrected chi connectivity index (χ1v) is 6.51. The molecule has 2 rings (SSSR count). The van der Waals surface area contributed by atoms with Gasteiger partial charge in [0.05, 0.1) is 7.11 Å². The molecule has 0 amide bonds. The molecule has 1 heterocycles. The highest BCUT2D eigenvalue weighted by Gasteiger charge is 2.10. The zero-order valence-electron chi connectivity index (χ0n) is 11.9. The number of aromatic nitrogens is 2. The highest BCUT2D eigenvalue weighted by molar-refractivity contribution is 5.43. The second kappa shape index (κ2) is 6.38. The lowest BCUT2D eigenvalue weighted by Gasteiger charge is -2.12. The van der Waals surface area contributed by atoms with Crippen LogP contribution in [0.15, 0.2) is 22.6 Å². The number of hydrogen-bond donors (Lipinski definition) is 1. The topological polar surface area (TPSA) is 83.4 Å². The molecule has 0 bridgehead atoms. The van der Waals surface area contributed by atoms with Crippen LogP contribution in [0.4, 0.5) is 0 Å². The van der Waals surface area contributed by atoms with Crippen LogP contribution in [0.1, 0.15) is 37.2 Å². The predicted molar refractivity (Wildman–Crippen MR) is 73.6 cm³/mol. The molecule has 6 heteroatoms. The van der Waals surface area contributed by atoms with Gasteiger partial charge < -0.3 is 19.6 Å². The van der Waals surface area contributed by atoms with Crippen LogP contribution in [0.3, 0.4) is 0 Å². The Morgan fingerprint density at radius 1 is 1.25 bits per heavy atom. The fraction of sp³-hybridized carbons (Fsp3) is 0.429. The Bertz CT molecular complexity index is 567. The van der Waals surface area contributed by atoms with Gasteiger partial charge in [-0.3, -0.25) is 0 Å². The van der Waals surface area contributed by atoms with E-state index in [2.05, 4.69) is 10.2 Å². The van der Waals surface area contributed by atoms with Gasteiger partial charge in [0.15, 0.2) is 18.1 Å². The molecule has 2 N–H and O–H groups in total. The summed E-state index contributed by atoms with van der Waals surface area (Å²) >= 11 is 0. The molecule has 0 aliphatic heterocycles. The first kappa shape index (κ1) is 14.3. The second-order valence-electron chi connectivity index (χ2n) is 4.43. The van der Waals surface area contributed by atoms with Crippen molar-refractivity contribution in [3.8, 4) is 11.5 Å². The summed E-state index contributed by atoms with van der Waals surface area (Å²) in [6.45, 7) is 4.08. The average molecular weight is 277 g/mol. The summed E-state index contributed by atoms with van der Waals surface area (Å²) in [5.74, 6) is 2.30. The molecule has 0 radical (unpaired) electrons. The minimum Gasteiger partial charge on any atom is -0.493 e. The number of benzene rings is 1. The van der Waals surface area contributed by atoms with Crippen LogP contribution >= 0.6 is 0 Å². The van der Waals surface area contributed by atoms with Gasteiger partial charge in [0, 0.05) is 12.5 Å². The van der Waals surface area contributed by atoms with Crippen LogP contribution in [-0.4, -0.2) is 17.3 Å². The van der Waals surface area contributed by atoms with E-state index in [0.29, 0.717) is 29.7 Å². The number of ether oxygens (including phenoxy) is 2. The molecule has 0 aliphatic rings. The smallest absolute Gasteiger partial charge is 0.253 e. The molecule has 0 fully saturated rings. The van der Waals surface area contributed by atoms with E-state index >= 15 is 0 Å². The first-order valence-electron chi connectivity index (χ1n) is 6.51. The van der Waals surface area contributed by atoms with E-state index in [1.807, 2.05) is 32.0 Å². The normalized spacial score (nSPS) is 12.2. The van der Waals surface area contributed by atoms with Crippen molar-refractivity contribution in [3.63, 3.8) is 0 Å². The minimum absolute atomic E-state index is 0.0546. The fourth-order valence-electron chi connectivity index (χ4n) is 1.72. The molecule has 0 saturated heterocycles. The third-order valence-electron chi connectivity index (χ3n) is 2.88. The SMILES string of the molecule is CCc1nnc(COc2ccc(C(C)N)cc2OC)o1. The number of methoxy groups -OCH3 is 1. The van der Waals surface area contributed by atoms with Crippen LogP contribution in [0, 0.1) is 0 Å². The van der Waals surface area contributed by atoms with Gasteiger partial charge in [0.2, 0.25) is 5.89 Å². The third kappa shape index (κ3) is 3.27. The van der Waals surface area contributed by atoms with E-state index in [9.17, 15) is 0 Å². The van der Waals surface area contributed by atoms with Crippen molar-refractivity contribution < 1.29 is 13.9 Å². The summed E-state index contributed by atoms with van der Waals surface area (Å²) in [7, 11) is 1.59. The zero-order valence-corrected chi connectivity index (χ0v) is 11.9. The summed E-state index contributed by atoms with van der Waals surface area (Å²) in [6, 6.07) is 5.55. The van der Waals surface area contributed by atoms with Crippen molar-refractivity contribution in [3.05, 3.63) is 35.5 Å². The molecule has 1 atom stereocenters. The van der Waals surface area contributed by atoms with Crippen molar-refractivity contribution in [1.82, 2.24) is 10.2 Å². The molecule has 0 aliphatic carbocycles. The molecule has 1 aromatic heterocycles. The third-order valence-corrected chi connectivity index (χ3v) is 2.88. The molecule has 20 heavy (non-hydrogen) atoms. The van der Waals surface area contributed by atoms with Gasteiger partial charge in [0.1, 0.15) is 0 Å². The Morgan fingerprint density at radius 2 is 2.00 bits per heavy atom. The highest BCUT2D eigenvalue weighted by Crippen LogP contribution is 2.30. The minimum atomic E-state index is -0.0546. The first-order chi connectivity index (χ1) is 9.63. The summed E-state index contributed by atoms with van der Waals surface area (Å²) in [5, 5.41) is 7.78. The van der Waals surface area contributed by atoms with Gasteiger partial charge in [-0.05, 0) is 24.6 Å². The monoisotopic (exact) mass is 277 g/mol. The van der Waals surface area contributed by atoms with E-state index in [0.717, 1.165) is 5.56 Å². The maximum atomic E-state index is 5.84. The lowest BCUT2D eigenvalue weighted by molar-refractivity contribution is 0.247. The molecule has 0 spiro atoms. The van der Waals surface area contributed by atoms with Crippen LogP contribution in [0.25, 0.3) is 0 Å². The number of aryl methyl sites for hydroxylation is 1. The largest absolute Gasteiger partial charge is 0.493 e. The Labute approximate surface area is 117 Å². The highest BCUT2D eigenvalue weighted by atomic mass is 16.5. The van der Waals surface area contributed by atoms with E-state index in [1.54, 1.807) is 7.11 Å². The van der Waals surface area contributed by atoms with E-state index in [1.165, 1.54) is 0 Å². The summed E-state index contributed by atoms with van der Waals surface area (Å²) < 4.78 is 16.3. The molecular formula is C14H19N3O3. The van der Waals surface area contributed by atoms with Gasteiger partial charge in [-0.15, -0.1) is 10.2 Å². The quantitative estimate of drug-likeness (QED) is 0.871. The van der Waals surface area contributed by atoms with Gasteiger partial charge in [0.25, 0.3) is 5.89 Å². The van der Waals surface area contributed by atoms with Crippen LogP contribution in [0.2, 0.25) is 0 Å². The Balaban J connectivity index is 2.08. The molecule has 6 nitrogen and oxygen atoms in total. The molecule has 2 aromatic rings. The number of rotatable bonds is 6. The van der Waals surface area contributed by atoms with Crippen molar-refractivity contribution in [1.29, 1.82) is 0 Å². The van der Waals surface area contributed by atoms with Crippen molar-refractivity contribution in [2.75, 3.05) is 7.11 Å². The summed E-state index contributed by atoms with van der Waals surface area (Å²) in [4.78, 5) is 0. The lowest BCUT2D eigenvalue weighted by Crippen LogP contribution is -2.05. The van der Waals surface area contributed by atoms with Gasteiger partial charge in [-0.1, -0.05) is 13.0 Å². The van der Waals surface area contributed by atoms with Crippen LogP contribution in [-0.2, 0) is 13.0 Å². The average Bonchev–Trinajstić information content (AvgIpc) is 2.92. The Morgan fingerprint density at radius 3 is 2.60 bits per heavy atom. The standard InChI is InChI=1S/C14H19N3O3/c1-4-13-16-17-14(20-13)8-19-11-6-5-10(9(2)15)7-12(11)18-3/h5-7,9H,4,8,15H2,1-3H3. The molecule has 1 unspecified atom stereocenters. The Kier molecular flexibility index (Phi) is 4.57. The van der Waals surface area contributed by atoms with E-state index in [-0.39, 0.29) is 12.6 Å². The Hall–Kier alpha value is -2.08. The van der Waals surface area contributed by atoms with Crippen LogP contribution in [0.5, 0.6) is 11.5 Å². The van der Waals surface area contributed by atoms with Crippen LogP contribution < -0.4 is 15.2 Å². The number of nitrogens with two attached hydrogens (primary N) is 1.